The van der Waals surface area contributed by atoms with Gasteiger partial charge in [-0.05, 0) is 25.2 Å². The summed E-state index contributed by atoms with van der Waals surface area (Å²) in [4.78, 5) is 0. The fourth-order valence-corrected chi connectivity index (χ4v) is 3.14. The van der Waals surface area contributed by atoms with Crippen molar-refractivity contribution in [2.24, 2.45) is 11.8 Å². The molecule has 0 saturated heterocycles. The van der Waals surface area contributed by atoms with Gasteiger partial charge < -0.3 is 0 Å². The highest BCUT2D eigenvalue weighted by atomic mass is 15.2. The molecule has 1 aliphatic rings. The first-order valence-electron chi connectivity index (χ1n) is 7.84. The van der Waals surface area contributed by atoms with Crippen molar-refractivity contribution in [3.63, 3.8) is 0 Å². The van der Waals surface area contributed by atoms with E-state index in [4.69, 9.17) is 5.84 Å². The molecule has 0 aromatic heterocycles. The van der Waals surface area contributed by atoms with Crippen LogP contribution in [0.25, 0.3) is 0 Å². The molecule has 0 aromatic carbocycles. The van der Waals surface area contributed by atoms with Crippen LogP contribution in [-0.4, -0.2) is 6.04 Å². The Kier molecular flexibility index (Phi) is 8.72. The Balaban J connectivity index is 2.16. The van der Waals surface area contributed by atoms with E-state index in [1.165, 1.54) is 77.0 Å². The predicted octanol–water partition coefficient (Wildman–Crippen LogP) is 4.15. The third-order valence-corrected chi connectivity index (χ3v) is 4.30. The highest BCUT2D eigenvalue weighted by Gasteiger charge is 2.20. The van der Waals surface area contributed by atoms with E-state index >= 15 is 0 Å². The van der Waals surface area contributed by atoms with Gasteiger partial charge in [0.1, 0.15) is 0 Å². The van der Waals surface area contributed by atoms with Gasteiger partial charge in [-0.2, -0.15) is 0 Å². The lowest BCUT2D eigenvalue weighted by Crippen LogP contribution is -2.40. The molecule has 1 aliphatic carbocycles. The Hall–Kier alpha value is -0.0800. The van der Waals surface area contributed by atoms with Crippen LogP contribution in [0.3, 0.4) is 0 Å². The van der Waals surface area contributed by atoms with Crippen molar-refractivity contribution in [3.05, 3.63) is 0 Å². The number of nitrogens with one attached hydrogen (secondary N) is 1. The van der Waals surface area contributed by atoms with Crippen LogP contribution in [0.2, 0.25) is 0 Å². The zero-order valence-corrected chi connectivity index (χ0v) is 11.7. The highest BCUT2D eigenvalue weighted by molar-refractivity contribution is 4.76. The van der Waals surface area contributed by atoms with Crippen LogP contribution in [0.1, 0.15) is 84.0 Å². The molecule has 2 heteroatoms. The number of nitrogens with two attached hydrogens (primary N) is 1. The van der Waals surface area contributed by atoms with Crippen molar-refractivity contribution in [3.8, 4) is 0 Å². The summed E-state index contributed by atoms with van der Waals surface area (Å²) in [6, 6.07) is 0.578. The van der Waals surface area contributed by atoms with Crippen molar-refractivity contribution in [2.75, 3.05) is 0 Å². The van der Waals surface area contributed by atoms with E-state index in [1.807, 2.05) is 0 Å². The molecule has 3 N–H and O–H groups in total. The van der Waals surface area contributed by atoms with Gasteiger partial charge in [0.25, 0.3) is 0 Å². The standard InChI is InChI=1S/C15H32N2/c1-2-3-4-5-10-13-15(17-16)14-11-8-6-7-9-12-14/h14-15,17H,2-13,16H2,1H3. The molecule has 102 valence electrons. The fourth-order valence-electron chi connectivity index (χ4n) is 3.14. The Morgan fingerprint density at radius 2 is 1.65 bits per heavy atom. The topological polar surface area (TPSA) is 38.0 Å². The van der Waals surface area contributed by atoms with Crippen LogP contribution < -0.4 is 11.3 Å². The molecular formula is C15H32N2. The van der Waals surface area contributed by atoms with Gasteiger partial charge in [-0.15, -0.1) is 0 Å². The predicted molar refractivity (Wildman–Crippen MR) is 75.7 cm³/mol. The second-order valence-corrected chi connectivity index (χ2v) is 5.73. The smallest absolute Gasteiger partial charge is 0.0238 e. The number of hydrazine groups is 1. The highest BCUT2D eigenvalue weighted by Crippen LogP contribution is 2.27. The Bertz CT molecular complexity index is 162. The van der Waals surface area contributed by atoms with Gasteiger partial charge in [0.2, 0.25) is 0 Å². The summed E-state index contributed by atoms with van der Waals surface area (Å²) in [7, 11) is 0. The summed E-state index contributed by atoms with van der Waals surface area (Å²) in [5.41, 5.74) is 3.09. The minimum absolute atomic E-state index is 0.578. The Morgan fingerprint density at radius 3 is 2.24 bits per heavy atom. The summed E-state index contributed by atoms with van der Waals surface area (Å²) in [6.07, 6.45) is 16.6. The van der Waals surface area contributed by atoms with Gasteiger partial charge in [0.05, 0.1) is 0 Å². The molecule has 0 aliphatic heterocycles. The van der Waals surface area contributed by atoms with E-state index < -0.39 is 0 Å². The zero-order chi connectivity index (χ0) is 12.3. The van der Waals surface area contributed by atoms with Crippen LogP contribution in [0.15, 0.2) is 0 Å². The van der Waals surface area contributed by atoms with Gasteiger partial charge in [0, 0.05) is 6.04 Å². The van der Waals surface area contributed by atoms with Gasteiger partial charge in [0.15, 0.2) is 0 Å². The van der Waals surface area contributed by atoms with Crippen LogP contribution in [0, 0.1) is 5.92 Å². The molecule has 1 saturated carbocycles. The molecule has 0 aromatic rings. The lowest BCUT2D eigenvalue weighted by molar-refractivity contribution is 0.300. The molecule has 1 atom stereocenters. The van der Waals surface area contributed by atoms with E-state index in [-0.39, 0.29) is 0 Å². The van der Waals surface area contributed by atoms with E-state index in [0.717, 1.165) is 5.92 Å². The van der Waals surface area contributed by atoms with Gasteiger partial charge in [-0.1, -0.05) is 64.7 Å². The molecule has 0 radical (unpaired) electrons. The Labute approximate surface area is 108 Å². The second-order valence-electron chi connectivity index (χ2n) is 5.73. The molecule has 2 nitrogen and oxygen atoms in total. The second kappa shape index (κ2) is 9.90. The van der Waals surface area contributed by atoms with E-state index in [1.54, 1.807) is 0 Å². The minimum Gasteiger partial charge on any atom is -0.271 e. The molecular weight excluding hydrogens is 208 g/mol. The number of unbranched alkanes of at least 4 members (excludes halogenated alkanes) is 4. The number of hydrogen-bond acceptors (Lipinski definition) is 2. The summed E-state index contributed by atoms with van der Waals surface area (Å²) in [6.45, 7) is 2.27. The largest absolute Gasteiger partial charge is 0.271 e. The van der Waals surface area contributed by atoms with E-state index in [9.17, 15) is 0 Å². The monoisotopic (exact) mass is 240 g/mol. The normalized spacial score (nSPS) is 20.1. The van der Waals surface area contributed by atoms with Gasteiger partial charge >= 0.3 is 0 Å². The lowest BCUT2D eigenvalue weighted by atomic mass is 9.89. The summed E-state index contributed by atoms with van der Waals surface area (Å²) in [5.74, 6) is 6.59. The number of rotatable bonds is 8. The quantitative estimate of drug-likeness (QED) is 0.289. The zero-order valence-electron chi connectivity index (χ0n) is 11.7. The Morgan fingerprint density at radius 1 is 1.00 bits per heavy atom. The SMILES string of the molecule is CCCCCCCC(NN)C1CCCCCC1. The van der Waals surface area contributed by atoms with Crippen LogP contribution >= 0.6 is 0 Å². The van der Waals surface area contributed by atoms with Gasteiger partial charge in [-0.25, -0.2) is 0 Å². The fraction of sp³-hybridized carbons (Fsp3) is 1.00. The summed E-state index contributed by atoms with van der Waals surface area (Å²) >= 11 is 0. The van der Waals surface area contributed by atoms with Crippen LogP contribution in [-0.2, 0) is 0 Å². The van der Waals surface area contributed by atoms with Gasteiger partial charge in [-0.3, -0.25) is 11.3 Å². The summed E-state index contributed by atoms with van der Waals surface area (Å²) in [5, 5.41) is 0. The molecule has 1 fully saturated rings. The first-order valence-corrected chi connectivity index (χ1v) is 7.84. The van der Waals surface area contributed by atoms with Crippen molar-refractivity contribution in [1.29, 1.82) is 0 Å². The van der Waals surface area contributed by atoms with Crippen molar-refractivity contribution in [2.45, 2.75) is 90.0 Å². The van der Waals surface area contributed by atoms with Crippen molar-refractivity contribution < 1.29 is 0 Å². The lowest BCUT2D eigenvalue weighted by Gasteiger charge is -2.25. The third-order valence-electron chi connectivity index (χ3n) is 4.30. The first-order chi connectivity index (χ1) is 8.38. The van der Waals surface area contributed by atoms with Crippen molar-refractivity contribution >= 4 is 0 Å². The maximum absolute atomic E-state index is 5.75. The molecule has 0 amide bonds. The molecule has 0 heterocycles. The number of hydrogen-bond donors (Lipinski definition) is 2. The molecule has 0 spiro atoms. The molecule has 1 rings (SSSR count). The maximum atomic E-state index is 5.75. The molecule has 17 heavy (non-hydrogen) atoms. The first kappa shape index (κ1) is 15.0. The minimum atomic E-state index is 0.578. The summed E-state index contributed by atoms with van der Waals surface area (Å²) < 4.78 is 0. The average molecular weight is 240 g/mol. The average Bonchev–Trinajstić information content (AvgIpc) is 2.63. The van der Waals surface area contributed by atoms with E-state index in [2.05, 4.69) is 12.3 Å². The maximum Gasteiger partial charge on any atom is 0.0238 e. The molecule has 1 unspecified atom stereocenters. The third kappa shape index (κ3) is 6.42. The molecule has 0 bridgehead atoms. The van der Waals surface area contributed by atoms with E-state index in [0.29, 0.717) is 6.04 Å². The van der Waals surface area contributed by atoms with Crippen LogP contribution in [0.4, 0.5) is 0 Å². The van der Waals surface area contributed by atoms with Crippen molar-refractivity contribution in [1.82, 2.24) is 5.43 Å². The van der Waals surface area contributed by atoms with Crippen LogP contribution in [0.5, 0.6) is 0 Å².